The molecule has 4 heteroatoms. The molecule has 2 aromatic rings. The minimum Gasteiger partial charge on any atom is -0.438 e. The van der Waals surface area contributed by atoms with Gasteiger partial charge in [0.1, 0.15) is 0 Å². The Bertz CT molecular complexity index is 665. The summed E-state index contributed by atoms with van der Waals surface area (Å²) in [6.45, 7) is 0. The first kappa shape index (κ1) is 12.4. The number of nitrogens with two attached hydrogens (primary N) is 1. The molecule has 0 aliphatic carbocycles. The molecule has 1 unspecified atom stereocenters. The van der Waals surface area contributed by atoms with E-state index in [0.717, 1.165) is 5.56 Å². The molecule has 0 saturated carbocycles. The van der Waals surface area contributed by atoms with Gasteiger partial charge < -0.3 is 9.47 Å². The molecule has 3 rings (SSSR count). The SMILES string of the molecule is NC1Oc2cccc(C=CC(=O)c3ccccc3)c2O1. The number of rotatable bonds is 3. The second-order valence-electron chi connectivity index (χ2n) is 4.34. The minimum atomic E-state index is -0.788. The van der Waals surface area contributed by atoms with Gasteiger partial charge in [-0.15, -0.1) is 0 Å². The quantitative estimate of drug-likeness (QED) is 0.686. The summed E-state index contributed by atoms with van der Waals surface area (Å²) in [5, 5.41) is 0. The standard InChI is InChI=1S/C16H13NO3/c17-16-19-14-8-4-7-12(15(14)20-16)9-10-13(18)11-5-2-1-3-6-11/h1-10,16H,17H2. The summed E-state index contributed by atoms with van der Waals surface area (Å²) in [4.78, 5) is 12.0. The number of benzene rings is 2. The van der Waals surface area contributed by atoms with Crippen molar-refractivity contribution in [1.82, 2.24) is 0 Å². The van der Waals surface area contributed by atoms with E-state index in [-0.39, 0.29) is 5.78 Å². The maximum absolute atomic E-state index is 12.0. The number of ketones is 1. The Kier molecular flexibility index (Phi) is 3.23. The van der Waals surface area contributed by atoms with Gasteiger partial charge in [-0.2, -0.15) is 0 Å². The summed E-state index contributed by atoms with van der Waals surface area (Å²) in [6, 6.07) is 14.5. The fourth-order valence-corrected chi connectivity index (χ4v) is 2.01. The monoisotopic (exact) mass is 267 g/mol. The summed E-state index contributed by atoms with van der Waals surface area (Å²) >= 11 is 0. The lowest BCUT2D eigenvalue weighted by Gasteiger charge is -2.02. The topological polar surface area (TPSA) is 61.5 Å². The lowest BCUT2D eigenvalue weighted by atomic mass is 10.1. The van der Waals surface area contributed by atoms with E-state index < -0.39 is 6.41 Å². The van der Waals surface area contributed by atoms with Crippen LogP contribution < -0.4 is 15.2 Å². The second-order valence-corrected chi connectivity index (χ2v) is 4.34. The van der Waals surface area contributed by atoms with Gasteiger partial charge in [0, 0.05) is 11.1 Å². The van der Waals surface area contributed by atoms with Crippen molar-refractivity contribution in [3.8, 4) is 11.5 Å². The van der Waals surface area contributed by atoms with Gasteiger partial charge in [-0.1, -0.05) is 42.5 Å². The average Bonchev–Trinajstić information content (AvgIpc) is 2.86. The van der Waals surface area contributed by atoms with Gasteiger partial charge >= 0.3 is 0 Å². The number of ether oxygens (including phenoxy) is 2. The van der Waals surface area contributed by atoms with Crippen molar-refractivity contribution >= 4 is 11.9 Å². The molecule has 0 amide bonds. The van der Waals surface area contributed by atoms with Crippen LogP contribution in [-0.2, 0) is 0 Å². The molecule has 100 valence electrons. The Morgan fingerprint density at radius 3 is 2.65 bits per heavy atom. The highest BCUT2D eigenvalue weighted by molar-refractivity contribution is 6.06. The number of carbonyl (C=O) groups is 1. The molecule has 1 aliphatic heterocycles. The number of fused-ring (bicyclic) bond motifs is 1. The predicted octanol–water partition coefficient (Wildman–Crippen LogP) is 2.60. The number of carbonyl (C=O) groups excluding carboxylic acids is 1. The molecule has 1 heterocycles. The zero-order chi connectivity index (χ0) is 13.9. The van der Waals surface area contributed by atoms with Gasteiger partial charge in [-0.25, -0.2) is 0 Å². The van der Waals surface area contributed by atoms with E-state index in [4.69, 9.17) is 15.2 Å². The third-order valence-corrected chi connectivity index (χ3v) is 2.96. The van der Waals surface area contributed by atoms with E-state index in [1.165, 1.54) is 6.08 Å². The number of hydrogen-bond acceptors (Lipinski definition) is 4. The highest BCUT2D eigenvalue weighted by atomic mass is 16.7. The van der Waals surface area contributed by atoms with E-state index in [0.29, 0.717) is 17.1 Å². The van der Waals surface area contributed by atoms with Crippen LogP contribution in [0.4, 0.5) is 0 Å². The largest absolute Gasteiger partial charge is 0.438 e. The number of hydrogen-bond donors (Lipinski definition) is 1. The van der Waals surface area contributed by atoms with Crippen LogP contribution in [0.25, 0.3) is 6.08 Å². The fourth-order valence-electron chi connectivity index (χ4n) is 2.01. The molecule has 2 N–H and O–H groups in total. The van der Waals surface area contributed by atoms with Crippen LogP contribution >= 0.6 is 0 Å². The van der Waals surface area contributed by atoms with Crippen LogP contribution in [0.2, 0.25) is 0 Å². The zero-order valence-corrected chi connectivity index (χ0v) is 10.7. The maximum Gasteiger partial charge on any atom is 0.300 e. The van der Waals surface area contributed by atoms with Gasteiger partial charge in [0.25, 0.3) is 6.41 Å². The molecule has 4 nitrogen and oxygen atoms in total. The van der Waals surface area contributed by atoms with Crippen molar-refractivity contribution in [3.05, 3.63) is 65.7 Å². The highest BCUT2D eigenvalue weighted by Crippen LogP contribution is 2.37. The van der Waals surface area contributed by atoms with Gasteiger partial charge in [0.05, 0.1) is 0 Å². The van der Waals surface area contributed by atoms with Crippen LogP contribution in [0.3, 0.4) is 0 Å². The first-order chi connectivity index (χ1) is 9.74. The minimum absolute atomic E-state index is 0.0635. The number of allylic oxidation sites excluding steroid dienone is 1. The summed E-state index contributed by atoms with van der Waals surface area (Å²) in [7, 11) is 0. The normalized spacial score (nSPS) is 16.6. The molecule has 0 radical (unpaired) electrons. The van der Waals surface area contributed by atoms with Crippen LogP contribution in [0, 0.1) is 0 Å². The molecule has 0 saturated heterocycles. The molecule has 1 atom stereocenters. The van der Waals surface area contributed by atoms with Crippen LogP contribution in [0.15, 0.2) is 54.6 Å². The molecule has 0 fully saturated rings. The second kappa shape index (κ2) is 5.19. The first-order valence-corrected chi connectivity index (χ1v) is 6.23. The van der Waals surface area contributed by atoms with E-state index in [1.807, 2.05) is 30.3 Å². The van der Waals surface area contributed by atoms with E-state index >= 15 is 0 Å². The molecule has 0 spiro atoms. The fraction of sp³-hybridized carbons (Fsp3) is 0.0625. The maximum atomic E-state index is 12.0. The summed E-state index contributed by atoms with van der Waals surface area (Å²) in [5.74, 6) is 1.09. The van der Waals surface area contributed by atoms with Gasteiger partial charge in [0.2, 0.25) is 0 Å². The molecule has 1 aliphatic rings. The van der Waals surface area contributed by atoms with Crippen molar-refractivity contribution in [2.75, 3.05) is 0 Å². The average molecular weight is 267 g/mol. The Balaban J connectivity index is 1.84. The smallest absolute Gasteiger partial charge is 0.300 e. The van der Waals surface area contributed by atoms with Crippen molar-refractivity contribution in [2.24, 2.45) is 5.73 Å². The first-order valence-electron chi connectivity index (χ1n) is 6.23. The van der Waals surface area contributed by atoms with E-state index in [2.05, 4.69) is 0 Å². The van der Waals surface area contributed by atoms with Crippen molar-refractivity contribution < 1.29 is 14.3 Å². The van der Waals surface area contributed by atoms with Crippen LogP contribution in [-0.4, -0.2) is 12.2 Å². The molecular formula is C16H13NO3. The summed E-state index contributed by atoms with van der Waals surface area (Å²) in [6.07, 6.45) is 2.43. The molecule has 20 heavy (non-hydrogen) atoms. The Labute approximate surface area is 116 Å². The lowest BCUT2D eigenvalue weighted by Crippen LogP contribution is -2.28. The van der Waals surface area contributed by atoms with Crippen molar-refractivity contribution in [2.45, 2.75) is 6.41 Å². The molecule has 2 aromatic carbocycles. The lowest BCUT2D eigenvalue weighted by molar-refractivity contribution is 0.0561. The Hall–Kier alpha value is -2.59. The van der Waals surface area contributed by atoms with Crippen LogP contribution in [0.1, 0.15) is 15.9 Å². The summed E-state index contributed by atoms with van der Waals surface area (Å²) < 4.78 is 10.6. The predicted molar refractivity (Wildman–Crippen MR) is 75.5 cm³/mol. The molecule has 0 bridgehead atoms. The Morgan fingerprint density at radius 1 is 1.05 bits per heavy atom. The van der Waals surface area contributed by atoms with Crippen molar-refractivity contribution in [1.29, 1.82) is 0 Å². The van der Waals surface area contributed by atoms with Crippen LogP contribution in [0.5, 0.6) is 11.5 Å². The van der Waals surface area contributed by atoms with Gasteiger partial charge in [0.15, 0.2) is 17.3 Å². The zero-order valence-electron chi connectivity index (χ0n) is 10.7. The molecule has 0 aromatic heterocycles. The third kappa shape index (κ3) is 2.41. The molecular weight excluding hydrogens is 254 g/mol. The van der Waals surface area contributed by atoms with Gasteiger partial charge in [-0.05, 0) is 18.2 Å². The Morgan fingerprint density at radius 2 is 1.85 bits per heavy atom. The number of para-hydroxylation sites is 1. The highest BCUT2D eigenvalue weighted by Gasteiger charge is 2.22. The van der Waals surface area contributed by atoms with Crippen molar-refractivity contribution in [3.63, 3.8) is 0 Å². The van der Waals surface area contributed by atoms with E-state index in [9.17, 15) is 4.79 Å². The third-order valence-electron chi connectivity index (χ3n) is 2.96. The van der Waals surface area contributed by atoms with E-state index in [1.54, 1.807) is 24.3 Å². The van der Waals surface area contributed by atoms with Gasteiger partial charge in [-0.3, -0.25) is 10.5 Å². The summed E-state index contributed by atoms with van der Waals surface area (Å²) in [5.41, 5.74) is 6.97.